The van der Waals surface area contributed by atoms with Gasteiger partial charge in [0.25, 0.3) is 17.7 Å². The Labute approximate surface area is 182 Å². The second-order valence-corrected chi connectivity index (χ2v) is 9.58. The van der Waals surface area contributed by atoms with Gasteiger partial charge in [-0.1, -0.05) is 0 Å². The molecule has 1 unspecified atom stereocenters. The molecule has 2 aromatic rings. The first kappa shape index (κ1) is 21.5. The molecule has 0 bridgehead atoms. The van der Waals surface area contributed by atoms with Crippen LogP contribution in [0.5, 0.6) is 11.8 Å². The molecule has 1 amide bonds. The Morgan fingerprint density at radius 2 is 1.68 bits per heavy atom. The monoisotopic (exact) mass is 446 g/mol. The first-order valence-corrected chi connectivity index (χ1v) is 11.8. The number of sulfonamides is 1. The van der Waals surface area contributed by atoms with Crippen LogP contribution in [0, 0.1) is 0 Å². The van der Waals surface area contributed by atoms with Gasteiger partial charge < -0.3 is 14.4 Å². The third kappa shape index (κ3) is 4.64. The first-order chi connectivity index (χ1) is 15.0. The van der Waals surface area contributed by atoms with E-state index in [-0.39, 0.29) is 16.9 Å². The molecule has 10 heteroatoms. The Kier molecular flexibility index (Phi) is 6.38. The molecule has 2 fully saturated rings. The van der Waals surface area contributed by atoms with Gasteiger partial charge in [0.2, 0.25) is 10.0 Å². The normalized spacial score (nSPS) is 19.9. The topological polar surface area (TPSA) is 102 Å². The van der Waals surface area contributed by atoms with Crippen LogP contribution in [0.1, 0.15) is 36.0 Å². The van der Waals surface area contributed by atoms with Gasteiger partial charge in [-0.3, -0.25) is 4.79 Å². The molecule has 0 spiro atoms. The van der Waals surface area contributed by atoms with E-state index in [1.165, 1.54) is 35.9 Å². The number of likely N-dealkylation sites (tertiary alicyclic amines) is 1. The second kappa shape index (κ2) is 9.19. The number of ether oxygens (including phenoxy) is 2. The number of carbonyl (C=O) groups excluding carboxylic acids is 1. The first-order valence-electron chi connectivity index (χ1n) is 10.4. The lowest BCUT2D eigenvalue weighted by atomic mass is 10.1. The summed E-state index contributed by atoms with van der Waals surface area (Å²) in [5, 5.41) is 0. The number of carbonyl (C=O) groups is 1. The molecule has 2 aliphatic heterocycles. The van der Waals surface area contributed by atoms with Crippen molar-refractivity contribution in [1.82, 2.24) is 19.2 Å². The zero-order chi connectivity index (χ0) is 21.8. The zero-order valence-corrected chi connectivity index (χ0v) is 18.3. The number of nitrogens with zero attached hydrogens (tertiary/aromatic N) is 4. The van der Waals surface area contributed by atoms with E-state index in [0.717, 1.165) is 25.7 Å². The predicted molar refractivity (Wildman–Crippen MR) is 113 cm³/mol. The number of methoxy groups -OCH3 is 1. The average molecular weight is 447 g/mol. The minimum atomic E-state index is -3.49. The fourth-order valence-electron chi connectivity index (χ4n) is 3.94. The van der Waals surface area contributed by atoms with Crippen LogP contribution in [0.4, 0.5) is 0 Å². The summed E-state index contributed by atoms with van der Waals surface area (Å²) < 4.78 is 38.0. The van der Waals surface area contributed by atoms with Crippen molar-refractivity contribution in [2.24, 2.45) is 0 Å². The van der Waals surface area contributed by atoms with Crippen molar-refractivity contribution in [3.05, 3.63) is 42.2 Å². The highest BCUT2D eigenvalue weighted by Gasteiger charge is 2.29. The summed E-state index contributed by atoms with van der Waals surface area (Å²) in [4.78, 5) is 23.2. The van der Waals surface area contributed by atoms with E-state index < -0.39 is 10.0 Å². The maximum absolute atomic E-state index is 13.0. The molecule has 4 rings (SSSR count). The van der Waals surface area contributed by atoms with Crippen molar-refractivity contribution in [3.63, 3.8) is 0 Å². The molecule has 1 atom stereocenters. The Morgan fingerprint density at radius 3 is 2.35 bits per heavy atom. The minimum Gasteiger partial charge on any atom is -0.477 e. The summed E-state index contributed by atoms with van der Waals surface area (Å²) >= 11 is 0. The highest BCUT2D eigenvalue weighted by Crippen LogP contribution is 2.25. The van der Waals surface area contributed by atoms with E-state index >= 15 is 0 Å². The molecule has 0 radical (unpaired) electrons. The Hall–Kier alpha value is -2.72. The standard InChI is InChI=1S/C21H26N4O5S/c1-29-19-20(23-11-10-22-19)30-17-5-4-12-24(15-17)21(26)16-6-8-18(9-7-16)31(27,28)25-13-2-3-14-25/h6-11,17H,2-5,12-15H2,1H3. The van der Waals surface area contributed by atoms with Gasteiger partial charge in [-0.05, 0) is 49.9 Å². The second-order valence-electron chi connectivity index (χ2n) is 7.64. The molecule has 1 aromatic carbocycles. The van der Waals surface area contributed by atoms with Crippen molar-refractivity contribution in [2.75, 3.05) is 33.3 Å². The van der Waals surface area contributed by atoms with E-state index in [2.05, 4.69) is 9.97 Å². The lowest BCUT2D eigenvalue weighted by molar-refractivity contribution is 0.0519. The quantitative estimate of drug-likeness (QED) is 0.668. The summed E-state index contributed by atoms with van der Waals surface area (Å²) in [6, 6.07) is 6.20. The Morgan fingerprint density at radius 1 is 1.00 bits per heavy atom. The van der Waals surface area contributed by atoms with Crippen LogP contribution in [0.15, 0.2) is 41.6 Å². The molecule has 31 heavy (non-hydrogen) atoms. The molecule has 166 valence electrons. The molecule has 0 saturated carbocycles. The van der Waals surface area contributed by atoms with Crippen LogP contribution in [0.3, 0.4) is 0 Å². The summed E-state index contributed by atoms with van der Waals surface area (Å²) in [7, 11) is -1.99. The molecule has 3 heterocycles. The predicted octanol–water partition coefficient (Wildman–Crippen LogP) is 1.95. The van der Waals surface area contributed by atoms with Crippen molar-refractivity contribution in [2.45, 2.75) is 36.7 Å². The lowest BCUT2D eigenvalue weighted by Crippen LogP contribution is -2.44. The van der Waals surface area contributed by atoms with Crippen LogP contribution in [-0.2, 0) is 10.0 Å². The average Bonchev–Trinajstić information content (AvgIpc) is 3.35. The van der Waals surface area contributed by atoms with Crippen molar-refractivity contribution in [1.29, 1.82) is 0 Å². The third-order valence-electron chi connectivity index (χ3n) is 5.57. The van der Waals surface area contributed by atoms with E-state index in [1.54, 1.807) is 17.0 Å². The largest absolute Gasteiger partial charge is 0.477 e. The van der Waals surface area contributed by atoms with E-state index in [1.807, 2.05) is 0 Å². The molecule has 1 aromatic heterocycles. The van der Waals surface area contributed by atoms with Crippen LogP contribution >= 0.6 is 0 Å². The third-order valence-corrected chi connectivity index (χ3v) is 7.49. The van der Waals surface area contributed by atoms with Crippen LogP contribution in [0.2, 0.25) is 0 Å². The molecular formula is C21H26N4O5S. The van der Waals surface area contributed by atoms with E-state index in [0.29, 0.717) is 43.5 Å². The number of amides is 1. The van der Waals surface area contributed by atoms with Crippen molar-refractivity contribution < 1.29 is 22.7 Å². The number of piperidine rings is 1. The van der Waals surface area contributed by atoms with Crippen LogP contribution in [0.25, 0.3) is 0 Å². The van der Waals surface area contributed by atoms with Gasteiger partial charge in [0.15, 0.2) is 0 Å². The fraction of sp³-hybridized carbons (Fsp3) is 0.476. The summed E-state index contributed by atoms with van der Waals surface area (Å²) in [6.45, 7) is 2.13. The summed E-state index contributed by atoms with van der Waals surface area (Å²) in [5.74, 6) is 0.464. The lowest BCUT2D eigenvalue weighted by Gasteiger charge is -2.32. The van der Waals surface area contributed by atoms with Crippen LogP contribution in [-0.4, -0.2) is 72.9 Å². The highest BCUT2D eigenvalue weighted by molar-refractivity contribution is 7.89. The van der Waals surface area contributed by atoms with E-state index in [9.17, 15) is 13.2 Å². The molecule has 0 aliphatic carbocycles. The van der Waals surface area contributed by atoms with Crippen LogP contribution < -0.4 is 9.47 Å². The number of rotatable bonds is 6. The van der Waals surface area contributed by atoms with Crippen molar-refractivity contribution in [3.8, 4) is 11.8 Å². The van der Waals surface area contributed by atoms with Gasteiger partial charge in [0.1, 0.15) is 6.10 Å². The highest BCUT2D eigenvalue weighted by atomic mass is 32.2. The minimum absolute atomic E-state index is 0.149. The number of hydrogen-bond donors (Lipinski definition) is 0. The smallest absolute Gasteiger partial charge is 0.278 e. The number of hydrogen-bond acceptors (Lipinski definition) is 7. The van der Waals surface area contributed by atoms with E-state index in [4.69, 9.17) is 9.47 Å². The van der Waals surface area contributed by atoms with Gasteiger partial charge >= 0.3 is 0 Å². The Balaban J connectivity index is 1.43. The fourth-order valence-corrected chi connectivity index (χ4v) is 5.46. The number of benzene rings is 1. The molecule has 2 saturated heterocycles. The van der Waals surface area contributed by atoms with Gasteiger partial charge in [-0.2, -0.15) is 4.31 Å². The van der Waals surface area contributed by atoms with Gasteiger partial charge in [0.05, 0.1) is 18.6 Å². The maximum atomic E-state index is 13.0. The molecule has 9 nitrogen and oxygen atoms in total. The summed E-state index contributed by atoms with van der Waals surface area (Å²) in [6.07, 6.45) is 6.18. The summed E-state index contributed by atoms with van der Waals surface area (Å²) in [5.41, 5.74) is 0.457. The molecule has 0 N–H and O–H groups in total. The molecule has 2 aliphatic rings. The van der Waals surface area contributed by atoms with Gasteiger partial charge in [-0.15, -0.1) is 0 Å². The SMILES string of the molecule is COc1nccnc1OC1CCCN(C(=O)c2ccc(S(=O)(=O)N3CCCC3)cc2)C1. The molecular weight excluding hydrogens is 420 g/mol. The Bertz CT molecular complexity index is 1020. The van der Waals surface area contributed by atoms with Gasteiger partial charge in [-0.25, -0.2) is 18.4 Å². The zero-order valence-electron chi connectivity index (χ0n) is 17.4. The van der Waals surface area contributed by atoms with Crippen molar-refractivity contribution >= 4 is 15.9 Å². The van der Waals surface area contributed by atoms with Gasteiger partial charge in [0, 0.05) is 37.6 Å². The number of aromatic nitrogens is 2. The maximum Gasteiger partial charge on any atom is 0.278 e.